The highest BCUT2D eigenvalue weighted by molar-refractivity contribution is 9.10. The quantitative estimate of drug-likeness (QED) is 0.420. The highest BCUT2D eigenvalue weighted by atomic mass is 79.9. The van der Waals surface area contributed by atoms with Gasteiger partial charge in [-0.2, -0.15) is 0 Å². The van der Waals surface area contributed by atoms with Crippen LogP contribution >= 0.6 is 27.3 Å². The van der Waals surface area contributed by atoms with Crippen LogP contribution in [0.15, 0.2) is 63.4 Å². The number of para-hydroxylation sites is 2. The van der Waals surface area contributed by atoms with Crippen LogP contribution in [0, 0.1) is 0 Å². The summed E-state index contributed by atoms with van der Waals surface area (Å²) in [5.74, 6) is 0.389. The van der Waals surface area contributed by atoms with Gasteiger partial charge in [0.2, 0.25) is 5.91 Å². The lowest BCUT2D eigenvalue weighted by Gasteiger charge is -2.20. The number of thiazole rings is 1. The van der Waals surface area contributed by atoms with E-state index in [2.05, 4.69) is 25.9 Å². The first kappa shape index (κ1) is 20.2. The van der Waals surface area contributed by atoms with Gasteiger partial charge in [-0.3, -0.25) is 19.1 Å². The van der Waals surface area contributed by atoms with Gasteiger partial charge in [-0.15, -0.1) is 11.3 Å². The van der Waals surface area contributed by atoms with E-state index in [4.69, 9.17) is 4.74 Å². The molecule has 152 valence electrons. The molecule has 2 aromatic carbocycles. The summed E-state index contributed by atoms with van der Waals surface area (Å²) in [5.41, 5.74) is 1.76. The number of fused-ring (bicyclic) bond motifs is 1. The average molecular weight is 485 g/mol. The predicted molar refractivity (Wildman–Crippen MR) is 121 cm³/mol. The van der Waals surface area contributed by atoms with E-state index in [0.29, 0.717) is 33.2 Å². The molecule has 0 bridgehead atoms. The van der Waals surface area contributed by atoms with E-state index < -0.39 is 0 Å². The van der Waals surface area contributed by atoms with Gasteiger partial charge >= 0.3 is 0 Å². The predicted octanol–water partition coefficient (Wildman–Crippen LogP) is 4.36. The normalized spacial score (nSPS) is 10.9. The molecule has 2 aromatic heterocycles. The molecule has 0 unspecified atom stereocenters. The number of carbonyl (C=O) groups excluding carboxylic acids is 1. The molecular weight excluding hydrogens is 468 g/mol. The Morgan fingerprint density at radius 1 is 1.27 bits per heavy atom. The van der Waals surface area contributed by atoms with Crippen LogP contribution in [0.4, 0.5) is 10.8 Å². The van der Waals surface area contributed by atoms with E-state index in [-0.39, 0.29) is 18.0 Å². The summed E-state index contributed by atoms with van der Waals surface area (Å²) >= 11 is 4.72. The molecule has 0 N–H and O–H groups in total. The van der Waals surface area contributed by atoms with Crippen molar-refractivity contribution in [3.8, 4) is 5.75 Å². The molecule has 1 amide bonds. The lowest BCUT2D eigenvalue weighted by Crippen LogP contribution is -2.24. The minimum atomic E-state index is -0.185. The fourth-order valence-corrected chi connectivity index (χ4v) is 4.34. The molecule has 9 heteroatoms. The van der Waals surface area contributed by atoms with E-state index in [1.807, 2.05) is 23.6 Å². The van der Waals surface area contributed by atoms with Crippen molar-refractivity contribution in [3.05, 3.63) is 74.7 Å². The fraction of sp³-hybridized carbons (Fsp3) is 0.143. The first-order chi connectivity index (χ1) is 14.5. The SMILES string of the molecule is COc1ccccc1N(C(C)=O)c1nc(Cn2cnc3ccc(Br)cc3c2=O)cs1. The molecule has 0 aliphatic heterocycles. The van der Waals surface area contributed by atoms with Crippen molar-refractivity contribution in [2.24, 2.45) is 0 Å². The number of nitrogens with zero attached hydrogens (tertiary/aromatic N) is 4. The van der Waals surface area contributed by atoms with E-state index in [9.17, 15) is 9.59 Å². The van der Waals surface area contributed by atoms with Gasteiger partial charge in [0.1, 0.15) is 5.75 Å². The maximum Gasteiger partial charge on any atom is 0.261 e. The second-order valence-electron chi connectivity index (χ2n) is 6.49. The zero-order valence-corrected chi connectivity index (χ0v) is 18.6. The van der Waals surface area contributed by atoms with E-state index in [1.165, 1.54) is 34.1 Å². The molecule has 0 fully saturated rings. The van der Waals surface area contributed by atoms with Crippen LogP contribution in [0.3, 0.4) is 0 Å². The molecular formula is C21H17BrN4O3S. The molecule has 30 heavy (non-hydrogen) atoms. The van der Waals surface area contributed by atoms with Gasteiger partial charge in [0.25, 0.3) is 5.56 Å². The first-order valence-electron chi connectivity index (χ1n) is 9.00. The van der Waals surface area contributed by atoms with Crippen molar-refractivity contribution < 1.29 is 9.53 Å². The highest BCUT2D eigenvalue weighted by Gasteiger charge is 2.21. The van der Waals surface area contributed by atoms with Crippen molar-refractivity contribution in [1.29, 1.82) is 0 Å². The summed E-state index contributed by atoms with van der Waals surface area (Å²) in [6, 6.07) is 12.7. The summed E-state index contributed by atoms with van der Waals surface area (Å²) in [5, 5.41) is 2.87. The zero-order valence-electron chi connectivity index (χ0n) is 16.2. The molecule has 0 aliphatic rings. The molecule has 0 saturated carbocycles. The van der Waals surface area contributed by atoms with Crippen molar-refractivity contribution in [2.45, 2.75) is 13.5 Å². The third-order valence-electron chi connectivity index (χ3n) is 4.49. The number of hydrogen-bond donors (Lipinski definition) is 0. The lowest BCUT2D eigenvalue weighted by molar-refractivity contribution is -0.115. The number of ether oxygens (including phenoxy) is 1. The molecule has 0 saturated heterocycles. The Hall–Kier alpha value is -3.04. The molecule has 2 heterocycles. The monoisotopic (exact) mass is 484 g/mol. The highest BCUT2D eigenvalue weighted by Crippen LogP contribution is 2.35. The summed E-state index contributed by atoms with van der Waals surface area (Å²) in [7, 11) is 1.56. The third kappa shape index (κ3) is 3.86. The molecule has 0 aliphatic carbocycles. The van der Waals surface area contributed by atoms with Gasteiger partial charge in [-0.1, -0.05) is 28.1 Å². The number of methoxy groups -OCH3 is 1. The van der Waals surface area contributed by atoms with Crippen LogP contribution in [0.5, 0.6) is 5.75 Å². The molecule has 0 radical (unpaired) electrons. The zero-order chi connectivity index (χ0) is 21.3. The Balaban J connectivity index is 1.68. The number of hydrogen-bond acceptors (Lipinski definition) is 6. The standard InChI is InChI=1S/C21H17BrN4O3S/c1-13(27)26(18-5-3-4-6-19(18)29-2)21-24-15(11-30-21)10-25-12-23-17-8-7-14(22)9-16(17)20(25)28/h3-9,11-12H,10H2,1-2H3. The summed E-state index contributed by atoms with van der Waals surface area (Å²) in [6.45, 7) is 1.73. The topological polar surface area (TPSA) is 77.3 Å². The maximum absolute atomic E-state index is 12.8. The van der Waals surface area contributed by atoms with Crippen molar-refractivity contribution >= 4 is 54.9 Å². The number of benzene rings is 2. The Morgan fingerprint density at radius 3 is 2.83 bits per heavy atom. The largest absolute Gasteiger partial charge is 0.495 e. The van der Waals surface area contributed by atoms with Crippen LogP contribution in [0.1, 0.15) is 12.6 Å². The Morgan fingerprint density at radius 2 is 2.07 bits per heavy atom. The molecule has 4 rings (SSSR count). The first-order valence-corrected chi connectivity index (χ1v) is 10.7. The van der Waals surface area contributed by atoms with Gasteiger partial charge < -0.3 is 4.74 Å². The van der Waals surface area contributed by atoms with Gasteiger partial charge in [0.15, 0.2) is 5.13 Å². The van der Waals surface area contributed by atoms with Gasteiger partial charge in [-0.05, 0) is 30.3 Å². The van der Waals surface area contributed by atoms with Crippen LogP contribution < -0.4 is 15.2 Å². The number of halogens is 1. The van der Waals surface area contributed by atoms with Crippen molar-refractivity contribution in [2.75, 3.05) is 12.0 Å². The summed E-state index contributed by atoms with van der Waals surface area (Å²) in [4.78, 5) is 35.7. The minimum Gasteiger partial charge on any atom is -0.495 e. The number of amides is 1. The van der Waals surface area contributed by atoms with Crippen LogP contribution in [-0.4, -0.2) is 27.6 Å². The second kappa shape index (κ2) is 8.37. The lowest BCUT2D eigenvalue weighted by atomic mass is 10.2. The van der Waals surface area contributed by atoms with E-state index in [1.54, 1.807) is 31.4 Å². The van der Waals surface area contributed by atoms with Crippen molar-refractivity contribution in [1.82, 2.24) is 14.5 Å². The smallest absolute Gasteiger partial charge is 0.261 e. The number of carbonyl (C=O) groups is 1. The summed E-state index contributed by atoms with van der Waals surface area (Å²) in [6.07, 6.45) is 1.51. The molecule has 4 aromatic rings. The van der Waals surface area contributed by atoms with E-state index in [0.717, 1.165) is 4.47 Å². The molecule has 7 nitrogen and oxygen atoms in total. The van der Waals surface area contributed by atoms with Gasteiger partial charge in [-0.25, -0.2) is 9.97 Å². The average Bonchev–Trinajstić information content (AvgIpc) is 3.18. The fourth-order valence-electron chi connectivity index (χ4n) is 3.11. The van der Waals surface area contributed by atoms with Crippen LogP contribution in [0.2, 0.25) is 0 Å². The Labute approximate surface area is 184 Å². The minimum absolute atomic E-state index is 0.149. The van der Waals surface area contributed by atoms with Gasteiger partial charge in [0, 0.05) is 16.8 Å². The van der Waals surface area contributed by atoms with E-state index >= 15 is 0 Å². The molecule has 0 atom stereocenters. The maximum atomic E-state index is 12.8. The van der Waals surface area contributed by atoms with Gasteiger partial charge in [0.05, 0.1) is 42.3 Å². The van der Waals surface area contributed by atoms with Crippen LogP contribution in [0.25, 0.3) is 10.9 Å². The Kier molecular flexibility index (Phi) is 5.65. The van der Waals surface area contributed by atoms with Crippen LogP contribution in [-0.2, 0) is 11.3 Å². The van der Waals surface area contributed by atoms with Crippen molar-refractivity contribution in [3.63, 3.8) is 0 Å². The number of aromatic nitrogens is 3. The second-order valence-corrected chi connectivity index (χ2v) is 8.24. The summed E-state index contributed by atoms with van der Waals surface area (Å²) < 4.78 is 7.72. The number of rotatable bonds is 5. The third-order valence-corrected chi connectivity index (χ3v) is 5.86. The number of anilines is 2. The Bertz CT molecular complexity index is 1300. The molecule has 0 spiro atoms.